The molecule has 0 spiro atoms. The van der Waals surface area contributed by atoms with Crippen LogP contribution >= 0.6 is 0 Å². The molecule has 21 heavy (non-hydrogen) atoms. The maximum atomic E-state index is 12.2. The minimum atomic E-state index is -1.04. The van der Waals surface area contributed by atoms with Crippen molar-refractivity contribution in [1.82, 2.24) is 14.7 Å². The van der Waals surface area contributed by atoms with E-state index in [2.05, 4.69) is 5.10 Å². The van der Waals surface area contributed by atoms with Crippen molar-refractivity contribution >= 4 is 12.1 Å². The van der Waals surface area contributed by atoms with Crippen molar-refractivity contribution < 1.29 is 19.4 Å². The minimum absolute atomic E-state index is 0.0519. The average Bonchev–Trinajstić information content (AvgIpc) is 2.55. The van der Waals surface area contributed by atoms with Gasteiger partial charge in [0.25, 0.3) is 0 Å². The van der Waals surface area contributed by atoms with E-state index in [0.29, 0.717) is 31.6 Å². The lowest BCUT2D eigenvalue weighted by Gasteiger charge is -2.26. The Bertz CT molecular complexity index is 572. The molecule has 0 radical (unpaired) electrons. The van der Waals surface area contributed by atoms with E-state index in [1.807, 2.05) is 20.8 Å². The first-order valence-corrected chi connectivity index (χ1v) is 6.96. The molecule has 2 heterocycles. The van der Waals surface area contributed by atoms with Crippen LogP contribution in [-0.4, -0.2) is 44.0 Å². The number of rotatable bonds is 1. The number of ether oxygens (including phenoxy) is 1. The molecule has 1 aliphatic rings. The third-order valence-corrected chi connectivity index (χ3v) is 3.31. The zero-order valence-electron chi connectivity index (χ0n) is 12.8. The molecule has 0 saturated carbocycles. The number of aromatic nitrogens is 2. The summed E-state index contributed by atoms with van der Waals surface area (Å²) in [5.41, 5.74) is 0.870. The summed E-state index contributed by atoms with van der Waals surface area (Å²) in [7, 11) is 0. The molecule has 1 amide bonds. The zero-order valence-corrected chi connectivity index (χ0v) is 12.8. The van der Waals surface area contributed by atoms with Crippen LogP contribution in [0.4, 0.5) is 4.79 Å². The van der Waals surface area contributed by atoms with Crippen LogP contribution in [0.25, 0.3) is 0 Å². The molecule has 1 aromatic heterocycles. The molecule has 2 rings (SSSR count). The van der Waals surface area contributed by atoms with Crippen LogP contribution in [0.5, 0.6) is 0 Å². The highest BCUT2D eigenvalue weighted by atomic mass is 16.6. The topological polar surface area (TPSA) is 84.7 Å². The molecule has 7 heteroatoms. The van der Waals surface area contributed by atoms with Gasteiger partial charge in [0.2, 0.25) is 0 Å². The van der Waals surface area contributed by atoms with Gasteiger partial charge in [-0.3, -0.25) is 4.68 Å². The highest BCUT2D eigenvalue weighted by Gasteiger charge is 2.28. The van der Waals surface area contributed by atoms with Crippen molar-refractivity contribution in [3.63, 3.8) is 0 Å². The van der Waals surface area contributed by atoms with Crippen LogP contribution in [0.1, 0.15) is 48.9 Å². The number of carbonyl (C=O) groups is 2. The lowest BCUT2D eigenvalue weighted by Crippen LogP contribution is -2.36. The van der Waals surface area contributed by atoms with Gasteiger partial charge in [0.05, 0.1) is 12.2 Å². The van der Waals surface area contributed by atoms with Crippen molar-refractivity contribution in [2.45, 2.75) is 52.8 Å². The fraction of sp³-hybridized carbons (Fsp3) is 0.643. The van der Waals surface area contributed by atoms with E-state index in [-0.39, 0.29) is 11.8 Å². The van der Waals surface area contributed by atoms with Gasteiger partial charge in [-0.25, -0.2) is 9.59 Å². The Balaban J connectivity index is 2.24. The predicted molar refractivity (Wildman–Crippen MR) is 75.2 cm³/mol. The van der Waals surface area contributed by atoms with Crippen LogP contribution in [0, 0.1) is 6.92 Å². The number of carboxylic acid groups (broad SMARTS) is 1. The molecular weight excluding hydrogens is 274 g/mol. The lowest BCUT2D eigenvalue weighted by atomic mass is 10.2. The van der Waals surface area contributed by atoms with Crippen molar-refractivity contribution in [3.05, 3.63) is 17.0 Å². The zero-order chi connectivity index (χ0) is 15.8. The maximum absolute atomic E-state index is 12.2. The van der Waals surface area contributed by atoms with Gasteiger partial charge in [-0.2, -0.15) is 5.10 Å². The molecule has 0 aromatic carbocycles. The smallest absolute Gasteiger partial charge is 0.410 e. The Morgan fingerprint density at radius 2 is 1.95 bits per heavy atom. The van der Waals surface area contributed by atoms with Crippen molar-refractivity contribution in [2.24, 2.45) is 0 Å². The van der Waals surface area contributed by atoms with Gasteiger partial charge in [-0.15, -0.1) is 0 Å². The average molecular weight is 295 g/mol. The summed E-state index contributed by atoms with van der Waals surface area (Å²) in [6, 6.07) is 0. The number of carbonyl (C=O) groups excluding carboxylic acids is 1. The van der Waals surface area contributed by atoms with Gasteiger partial charge < -0.3 is 14.7 Å². The normalized spacial score (nSPS) is 15.3. The number of aromatic carboxylic acids is 1. The van der Waals surface area contributed by atoms with Crippen LogP contribution in [-0.2, 0) is 17.8 Å². The van der Waals surface area contributed by atoms with Crippen molar-refractivity contribution in [2.75, 3.05) is 6.54 Å². The summed E-state index contributed by atoms with van der Waals surface area (Å²) >= 11 is 0. The fourth-order valence-electron chi connectivity index (χ4n) is 2.33. The summed E-state index contributed by atoms with van der Waals surface area (Å²) < 4.78 is 7.07. The van der Waals surface area contributed by atoms with E-state index in [1.165, 1.54) is 0 Å². The van der Waals surface area contributed by atoms with E-state index in [1.54, 1.807) is 16.5 Å². The summed E-state index contributed by atoms with van der Waals surface area (Å²) in [4.78, 5) is 24.9. The highest BCUT2D eigenvalue weighted by molar-refractivity contribution is 5.87. The molecule has 0 aliphatic carbocycles. The molecule has 0 atom stereocenters. The number of aryl methyl sites for hydroxylation is 1. The quantitative estimate of drug-likeness (QED) is 0.857. The molecule has 0 fully saturated rings. The Hall–Kier alpha value is -2.05. The monoisotopic (exact) mass is 295 g/mol. The van der Waals surface area contributed by atoms with E-state index in [0.717, 1.165) is 5.69 Å². The largest absolute Gasteiger partial charge is 0.476 e. The predicted octanol–water partition coefficient (Wildman–Crippen LogP) is 2.03. The van der Waals surface area contributed by atoms with Gasteiger partial charge >= 0.3 is 12.1 Å². The molecule has 1 N–H and O–H groups in total. The van der Waals surface area contributed by atoms with Crippen LogP contribution < -0.4 is 0 Å². The third kappa shape index (κ3) is 3.34. The number of hydrogen-bond acceptors (Lipinski definition) is 4. The molecule has 0 unspecified atom stereocenters. The molecule has 0 bridgehead atoms. The number of amides is 1. The molecule has 1 aromatic rings. The molecule has 7 nitrogen and oxygen atoms in total. The molecule has 1 aliphatic heterocycles. The fourth-order valence-corrected chi connectivity index (χ4v) is 2.33. The van der Waals surface area contributed by atoms with Crippen molar-refractivity contribution in [3.8, 4) is 0 Å². The second-order valence-corrected chi connectivity index (χ2v) is 6.20. The Morgan fingerprint density at radius 1 is 1.29 bits per heavy atom. The Kier molecular flexibility index (Phi) is 3.93. The minimum Gasteiger partial charge on any atom is -0.476 e. The lowest BCUT2D eigenvalue weighted by molar-refractivity contribution is 0.0236. The SMILES string of the molecule is Cc1c(C(=O)O)nn2c1CN(C(=O)OC(C)(C)C)CCC2. The highest BCUT2D eigenvalue weighted by Crippen LogP contribution is 2.21. The summed E-state index contributed by atoms with van der Waals surface area (Å²) in [6.45, 7) is 8.67. The van der Waals surface area contributed by atoms with Crippen LogP contribution in [0.15, 0.2) is 0 Å². The summed E-state index contributed by atoms with van der Waals surface area (Å²) in [5.74, 6) is -1.04. The van der Waals surface area contributed by atoms with Crippen LogP contribution in [0.2, 0.25) is 0 Å². The molecule has 0 saturated heterocycles. The first-order valence-electron chi connectivity index (χ1n) is 6.96. The number of hydrogen-bond donors (Lipinski definition) is 1. The second-order valence-electron chi connectivity index (χ2n) is 6.20. The van der Waals surface area contributed by atoms with Crippen LogP contribution in [0.3, 0.4) is 0 Å². The van der Waals surface area contributed by atoms with Gasteiger partial charge in [0, 0.05) is 18.7 Å². The van der Waals surface area contributed by atoms with E-state index in [9.17, 15) is 9.59 Å². The van der Waals surface area contributed by atoms with E-state index in [4.69, 9.17) is 9.84 Å². The second kappa shape index (κ2) is 5.38. The standard InChI is InChI=1S/C14H21N3O4/c1-9-10-8-16(13(20)21-14(2,3)4)6-5-7-17(10)15-11(9)12(18)19/h5-8H2,1-4H3,(H,18,19). The first-order chi connectivity index (χ1) is 9.69. The van der Waals surface area contributed by atoms with Crippen molar-refractivity contribution in [1.29, 1.82) is 0 Å². The van der Waals surface area contributed by atoms with Gasteiger partial charge in [0.15, 0.2) is 5.69 Å². The Morgan fingerprint density at radius 3 is 2.52 bits per heavy atom. The maximum Gasteiger partial charge on any atom is 0.410 e. The number of carboxylic acids is 1. The summed E-state index contributed by atoms with van der Waals surface area (Å²) in [6.07, 6.45) is 0.334. The third-order valence-electron chi connectivity index (χ3n) is 3.31. The van der Waals surface area contributed by atoms with E-state index >= 15 is 0 Å². The van der Waals surface area contributed by atoms with Gasteiger partial charge in [-0.05, 0) is 34.1 Å². The molecule has 116 valence electrons. The number of nitrogens with zero attached hydrogens (tertiary/aromatic N) is 3. The van der Waals surface area contributed by atoms with Gasteiger partial charge in [-0.1, -0.05) is 0 Å². The first kappa shape index (κ1) is 15.3. The van der Waals surface area contributed by atoms with E-state index < -0.39 is 11.6 Å². The number of fused-ring (bicyclic) bond motifs is 1. The molecular formula is C14H21N3O4. The van der Waals surface area contributed by atoms with Gasteiger partial charge in [0.1, 0.15) is 5.60 Å². The Labute approximate surface area is 123 Å². The summed E-state index contributed by atoms with van der Waals surface area (Å²) in [5, 5.41) is 13.2.